The van der Waals surface area contributed by atoms with Gasteiger partial charge in [0.05, 0.1) is 0 Å². The van der Waals surface area contributed by atoms with Gasteiger partial charge in [0, 0.05) is 18.0 Å². The first-order chi connectivity index (χ1) is 9.21. The normalized spacial score (nSPS) is 25.0. The van der Waals surface area contributed by atoms with E-state index in [1.807, 2.05) is 6.92 Å². The third-order valence-electron chi connectivity index (χ3n) is 4.35. The molecule has 1 aromatic rings. The monoisotopic (exact) mass is 263 g/mol. The van der Waals surface area contributed by atoms with E-state index in [1.54, 1.807) is 0 Å². The van der Waals surface area contributed by atoms with Gasteiger partial charge in [-0.05, 0) is 38.6 Å². The summed E-state index contributed by atoms with van der Waals surface area (Å²) in [6, 6.07) is 0.248. The number of amides is 1. The molecule has 1 saturated carbocycles. The Bertz CT molecular complexity index is 465. The highest BCUT2D eigenvalue weighted by atomic mass is 16.2. The number of H-pyrrole nitrogens is 1. The van der Waals surface area contributed by atoms with Crippen molar-refractivity contribution >= 4 is 5.91 Å². The van der Waals surface area contributed by atoms with Crippen molar-refractivity contribution in [2.24, 2.45) is 0 Å². The lowest BCUT2D eigenvalue weighted by Gasteiger charge is -2.48. The lowest BCUT2D eigenvalue weighted by molar-refractivity contribution is 0.0844. The minimum Gasteiger partial charge on any atom is -0.346 e. The van der Waals surface area contributed by atoms with Crippen molar-refractivity contribution in [2.75, 3.05) is 6.54 Å². The number of carbonyl (C=O) groups excluding carboxylic acids is 1. The van der Waals surface area contributed by atoms with Crippen LogP contribution in [0.25, 0.3) is 0 Å². The maximum Gasteiger partial charge on any atom is 0.291 e. The second-order valence-electron chi connectivity index (χ2n) is 5.68. The molecule has 19 heavy (non-hydrogen) atoms. The molecule has 3 rings (SSSR count). The van der Waals surface area contributed by atoms with Gasteiger partial charge in [-0.25, -0.2) is 4.98 Å². The molecule has 1 aliphatic heterocycles. The molecule has 1 atom stereocenters. The average Bonchev–Trinajstić information content (AvgIpc) is 2.86. The molecular formula is C13H21N5O. The molecule has 0 radical (unpaired) electrons. The molecule has 6 nitrogen and oxygen atoms in total. The molecule has 0 aromatic carbocycles. The number of hydrogen-bond acceptors (Lipinski definition) is 4. The van der Waals surface area contributed by atoms with Gasteiger partial charge in [0.1, 0.15) is 5.82 Å². The molecule has 1 amide bonds. The highest BCUT2D eigenvalue weighted by molar-refractivity contribution is 5.90. The van der Waals surface area contributed by atoms with E-state index in [0.29, 0.717) is 5.54 Å². The third-order valence-corrected chi connectivity index (χ3v) is 4.35. The van der Waals surface area contributed by atoms with Crippen molar-refractivity contribution < 1.29 is 4.79 Å². The fourth-order valence-corrected chi connectivity index (χ4v) is 3.07. The van der Waals surface area contributed by atoms with Gasteiger partial charge in [0.25, 0.3) is 5.91 Å². The molecule has 0 bridgehead atoms. The maximum absolute atomic E-state index is 12.1. The van der Waals surface area contributed by atoms with E-state index in [0.717, 1.165) is 31.6 Å². The molecule has 1 saturated heterocycles. The quantitative estimate of drug-likeness (QED) is 0.752. The Labute approximate surface area is 112 Å². The zero-order valence-electron chi connectivity index (χ0n) is 11.3. The molecule has 6 heteroatoms. The molecule has 2 heterocycles. The number of aryl methyl sites for hydroxylation is 1. The fourth-order valence-electron chi connectivity index (χ4n) is 3.07. The number of nitrogens with zero attached hydrogens (tertiary/aromatic N) is 2. The predicted octanol–water partition coefficient (Wildman–Crippen LogP) is 0.772. The topological polar surface area (TPSA) is 82.7 Å². The predicted molar refractivity (Wildman–Crippen MR) is 70.8 cm³/mol. The Hall–Kier alpha value is -1.43. The first kappa shape index (κ1) is 12.6. The van der Waals surface area contributed by atoms with E-state index in [2.05, 4.69) is 25.8 Å². The van der Waals surface area contributed by atoms with E-state index < -0.39 is 0 Å². The number of aromatic nitrogens is 3. The summed E-state index contributed by atoms with van der Waals surface area (Å²) in [7, 11) is 0. The van der Waals surface area contributed by atoms with Crippen LogP contribution in [0.3, 0.4) is 0 Å². The van der Waals surface area contributed by atoms with Gasteiger partial charge in [-0.15, -0.1) is 5.10 Å². The van der Waals surface area contributed by atoms with Crippen LogP contribution < -0.4 is 10.6 Å². The molecular weight excluding hydrogens is 242 g/mol. The highest BCUT2D eigenvalue weighted by Gasteiger charge is 2.41. The van der Waals surface area contributed by atoms with E-state index in [-0.39, 0.29) is 17.8 Å². The fraction of sp³-hybridized carbons (Fsp3) is 0.769. The van der Waals surface area contributed by atoms with Gasteiger partial charge in [-0.2, -0.15) is 0 Å². The van der Waals surface area contributed by atoms with Crippen molar-refractivity contribution in [3.63, 3.8) is 0 Å². The van der Waals surface area contributed by atoms with Crippen molar-refractivity contribution in [1.82, 2.24) is 25.8 Å². The highest BCUT2D eigenvalue weighted by Crippen LogP contribution is 2.38. The second-order valence-corrected chi connectivity index (χ2v) is 5.68. The van der Waals surface area contributed by atoms with Gasteiger partial charge >= 0.3 is 0 Å². The van der Waals surface area contributed by atoms with Crippen LogP contribution in [0.15, 0.2) is 0 Å². The van der Waals surface area contributed by atoms with Crippen molar-refractivity contribution in [2.45, 2.75) is 57.0 Å². The number of hydrogen-bond donors (Lipinski definition) is 3. The number of nitrogens with one attached hydrogen (secondary N) is 3. The Morgan fingerprint density at radius 3 is 3.00 bits per heavy atom. The van der Waals surface area contributed by atoms with Crippen LogP contribution in [0.2, 0.25) is 0 Å². The van der Waals surface area contributed by atoms with Crippen LogP contribution >= 0.6 is 0 Å². The van der Waals surface area contributed by atoms with Gasteiger partial charge in [0.2, 0.25) is 5.82 Å². The molecule has 1 spiro atoms. The largest absolute Gasteiger partial charge is 0.346 e. The number of piperidine rings is 1. The Kier molecular flexibility index (Phi) is 3.26. The zero-order chi connectivity index (χ0) is 13.3. The first-order valence-electron chi connectivity index (χ1n) is 7.18. The van der Waals surface area contributed by atoms with Crippen LogP contribution in [-0.4, -0.2) is 39.2 Å². The summed E-state index contributed by atoms with van der Waals surface area (Å²) in [4.78, 5) is 16.3. The minimum atomic E-state index is -0.155. The summed E-state index contributed by atoms with van der Waals surface area (Å²) < 4.78 is 0. The minimum absolute atomic E-state index is 0.155. The van der Waals surface area contributed by atoms with Crippen molar-refractivity contribution in [3.05, 3.63) is 11.6 Å². The molecule has 2 aliphatic rings. The Morgan fingerprint density at radius 2 is 2.37 bits per heavy atom. The summed E-state index contributed by atoms with van der Waals surface area (Å²) in [5, 5.41) is 13.4. The lowest BCUT2D eigenvalue weighted by Crippen LogP contribution is -2.59. The van der Waals surface area contributed by atoms with Gasteiger partial charge in [0.15, 0.2) is 0 Å². The summed E-state index contributed by atoms with van der Waals surface area (Å²) in [6.45, 7) is 2.97. The Balaban J connectivity index is 1.59. The number of carbonyl (C=O) groups is 1. The lowest BCUT2D eigenvalue weighted by atomic mass is 9.70. The molecule has 1 aliphatic carbocycles. The van der Waals surface area contributed by atoms with Crippen LogP contribution in [0.1, 0.15) is 55.5 Å². The Morgan fingerprint density at radius 1 is 1.53 bits per heavy atom. The third kappa shape index (κ3) is 2.49. The van der Waals surface area contributed by atoms with Crippen LogP contribution in [0.5, 0.6) is 0 Å². The van der Waals surface area contributed by atoms with Gasteiger partial charge < -0.3 is 10.6 Å². The second kappa shape index (κ2) is 4.92. The molecule has 104 valence electrons. The van der Waals surface area contributed by atoms with Gasteiger partial charge in [-0.1, -0.05) is 6.92 Å². The number of aromatic amines is 1. The van der Waals surface area contributed by atoms with E-state index in [9.17, 15) is 4.79 Å². The molecule has 1 unspecified atom stereocenters. The maximum atomic E-state index is 12.1. The summed E-state index contributed by atoms with van der Waals surface area (Å²) in [6.07, 6.45) is 6.55. The summed E-state index contributed by atoms with van der Waals surface area (Å²) >= 11 is 0. The summed E-state index contributed by atoms with van der Waals surface area (Å²) in [5.74, 6) is 0.862. The van der Waals surface area contributed by atoms with Crippen molar-refractivity contribution in [3.8, 4) is 0 Å². The van der Waals surface area contributed by atoms with E-state index in [1.165, 1.54) is 19.3 Å². The van der Waals surface area contributed by atoms with Crippen molar-refractivity contribution in [1.29, 1.82) is 0 Å². The molecule has 3 N–H and O–H groups in total. The first-order valence-corrected chi connectivity index (χ1v) is 7.18. The van der Waals surface area contributed by atoms with Crippen LogP contribution in [0, 0.1) is 0 Å². The molecule has 1 aromatic heterocycles. The SMILES string of the molecule is CCc1nc(C(=O)NC2CCNC3(CCC3)C2)n[nH]1. The van der Waals surface area contributed by atoms with E-state index >= 15 is 0 Å². The van der Waals surface area contributed by atoms with Gasteiger partial charge in [-0.3, -0.25) is 9.89 Å². The zero-order valence-corrected chi connectivity index (χ0v) is 11.3. The average molecular weight is 263 g/mol. The van der Waals surface area contributed by atoms with Crippen LogP contribution in [-0.2, 0) is 6.42 Å². The number of rotatable bonds is 3. The summed E-state index contributed by atoms with van der Waals surface area (Å²) in [5.41, 5.74) is 0.295. The van der Waals surface area contributed by atoms with E-state index in [4.69, 9.17) is 0 Å². The molecule has 2 fully saturated rings. The smallest absolute Gasteiger partial charge is 0.291 e. The standard InChI is InChI=1S/C13H21N5O/c1-2-10-16-11(18-17-10)12(19)15-9-4-7-14-13(8-9)5-3-6-13/h9,14H,2-8H2,1H3,(H,15,19)(H,16,17,18). The van der Waals surface area contributed by atoms with Crippen LogP contribution in [0.4, 0.5) is 0 Å².